The van der Waals surface area contributed by atoms with E-state index in [9.17, 15) is 8.78 Å². The maximum Gasteiger partial charge on any atom is 0.345 e. The summed E-state index contributed by atoms with van der Waals surface area (Å²) in [5.41, 5.74) is 6.47. The quantitative estimate of drug-likeness (QED) is 0.304. The third-order valence-electron chi connectivity index (χ3n) is 7.07. The van der Waals surface area contributed by atoms with Gasteiger partial charge in [0, 0.05) is 16.9 Å². The first-order chi connectivity index (χ1) is 16.3. The number of hydrogen-bond donors (Lipinski definition) is 0. The molecule has 1 saturated carbocycles. The first-order valence-corrected chi connectivity index (χ1v) is 12.0. The van der Waals surface area contributed by atoms with E-state index in [1.165, 1.54) is 6.42 Å². The Kier molecular flexibility index (Phi) is 6.10. The van der Waals surface area contributed by atoms with E-state index in [2.05, 4.69) is 28.8 Å². The largest absolute Gasteiger partial charge is 0.361 e. The van der Waals surface area contributed by atoms with E-state index < -0.39 is 6.61 Å². The second kappa shape index (κ2) is 9.06. The van der Waals surface area contributed by atoms with Crippen molar-refractivity contribution in [3.8, 4) is 11.1 Å². The first kappa shape index (κ1) is 22.9. The normalized spacial score (nSPS) is 16.2. The third-order valence-corrected chi connectivity index (χ3v) is 7.07. The number of alkyl halides is 2. The minimum Gasteiger partial charge on any atom is -0.361 e. The van der Waals surface area contributed by atoms with Gasteiger partial charge in [-0.2, -0.15) is 8.78 Å². The van der Waals surface area contributed by atoms with Gasteiger partial charge in [-0.15, -0.1) is 0 Å². The predicted molar refractivity (Wildman–Crippen MR) is 127 cm³/mol. The summed E-state index contributed by atoms with van der Waals surface area (Å²) in [6.45, 7) is 4.95. The van der Waals surface area contributed by atoms with Gasteiger partial charge in [-0.3, -0.25) is 4.98 Å². The number of nitrogens with zero attached hydrogens (tertiary/aromatic N) is 4. The fourth-order valence-electron chi connectivity index (χ4n) is 5.47. The summed E-state index contributed by atoms with van der Waals surface area (Å²) >= 11 is 0. The summed E-state index contributed by atoms with van der Waals surface area (Å²) in [5.74, 6) is 2.04. The lowest BCUT2D eigenvalue weighted by atomic mass is 9.88. The highest BCUT2D eigenvalue weighted by Gasteiger charge is 2.27. The lowest BCUT2D eigenvalue weighted by Crippen LogP contribution is -2.19. The molecule has 0 radical (unpaired) electrons. The molecular weight excluding hydrogens is 438 g/mol. The molecule has 1 aliphatic rings. The maximum absolute atomic E-state index is 12.9. The molecule has 8 heteroatoms. The molecule has 4 aromatic rings. The van der Waals surface area contributed by atoms with E-state index in [4.69, 9.17) is 19.2 Å². The fraction of sp³-hybridized carbons (Fsp3) is 0.500. The van der Waals surface area contributed by atoms with Crippen LogP contribution >= 0.6 is 0 Å². The highest BCUT2D eigenvalue weighted by Crippen LogP contribution is 2.39. The second-order valence-electron chi connectivity index (χ2n) is 9.49. The van der Waals surface area contributed by atoms with E-state index in [0.29, 0.717) is 5.92 Å². The van der Waals surface area contributed by atoms with Crippen molar-refractivity contribution in [3.63, 3.8) is 0 Å². The van der Waals surface area contributed by atoms with E-state index in [0.717, 1.165) is 81.6 Å². The van der Waals surface area contributed by atoms with Gasteiger partial charge < -0.3 is 13.8 Å². The summed E-state index contributed by atoms with van der Waals surface area (Å²) in [6.07, 6.45) is 7.48. The molecule has 0 N–H and O–H groups in total. The van der Waals surface area contributed by atoms with Crippen LogP contribution in [0.4, 0.5) is 8.78 Å². The summed E-state index contributed by atoms with van der Waals surface area (Å²) in [6, 6.07) is 3.90. The number of aromatic nitrogens is 4. The maximum atomic E-state index is 12.9. The zero-order valence-electron chi connectivity index (χ0n) is 20.1. The van der Waals surface area contributed by atoms with Gasteiger partial charge in [0.2, 0.25) is 0 Å². The lowest BCUT2D eigenvalue weighted by Gasteiger charge is -2.25. The summed E-state index contributed by atoms with van der Waals surface area (Å²) in [7, 11) is 0. The number of halogens is 2. The van der Waals surface area contributed by atoms with Crippen molar-refractivity contribution in [2.45, 2.75) is 78.4 Å². The van der Waals surface area contributed by atoms with Gasteiger partial charge in [0.15, 0.2) is 0 Å². The number of benzene rings is 1. The molecule has 180 valence electrons. The Labute approximate surface area is 197 Å². The van der Waals surface area contributed by atoms with Crippen molar-refractivity contribution in [1.29, 1.82) is 0 Å². The highest BCUT2D eigenvalue weighted by molar-refractivity contribution is 6.04. The molecule has 0 amide bonds. The van der Waals surface area contributed by atoms with Crippen molar-refractivity contribution in [3.05, 3.63) is 41.2 Å². The van der Waals surface area contributed by atoms with Gasteiger partial charge in [0.05, 0.1) is 35.6 Å². The van der Waals surface area contributed by atoms with Gasteiger partial charge >= 0.3 is 6.61 Å². The smallest absolute Gasteiger partial charge is 0.345 e. The van der Waals surface area contributed by atoms with Crippen LogP contribution in [0.2, 0.25) is 0 Å². The Morgan fingerprint density at radius 3 is 2.56 bits per heavy atom. The molecule has 3 aromatic heterocycles. The minimum absolute atomic E-state index is 0.0805. The molecule has 6 nitrogen and oxygen atoms in total. The van der Waals surface area contributed by atoms with Gasteiger partial charge in [0.25, 0.3) is 0 Å². The molecule has 34 heavy (non-hydrogen) atoms. The first-order valence-electron chi connectivity index (χ1n) is 12.0. The number of ether oxygens (including phenoxy) is 1. The van der Waals surface area contributed by atoms with Gasteiger partial charge in [-0.05, 0) is 63.8 Å². The topological polar surface area (TPSA) is 66.0 Å². The number of rotatable bonds is 6. The monoisotopic (exact) mass is 468 g/mol. The Bertz CT molecular complexity index is 1320. The van der Waals surface area contributed by atoms with Crippen molar-refractivity contribution >= 4 is 21.9 Å². The number of imidazole rings is 1. The summed E-state index contributed by atoms with van der Waals surface area (Å²) in [4.78, 5) is 9.73. The number of fused-ring (bicyclic) bond motifs is 3. The standard InChI is InChI=1S/C26H30F2N4O2/c1-14-10-20-21(11-19(14)23-16(3)31-34-17(23)4)29-12-22-24(20)32(15(2)13-33-26(27)28)25(30-22)18-8-6-5-7-9-18/h10-12,15,18,26H,5-9,13H2,1-4H3/t15-/m0/s1. The zero-order chi connectivity index (χ0) is 24.0. The van der Waals surface area contributed by atoms with Crippen LogP contribution < -0.4 is 0 Å². The van der Waals surface area contributed by atoms with Crippen molar-refractivity contribution in [1.82, 2.24) is 19.7 Å². The Balaban J connectivity index is 1.72. The molecule has 5 rings (SSSR count). The van der Waals surface area contributed by atoms with Gasteiger partial charge in [0.1, 0.15) is 17.1 Å². The number of hydrogen-bond acceptors (Lipinski definition) is 5. The van der Waals surface area contributed by atoms with Crippen molar-refractivity contribution in [2.24, 2.45) is 0 Å². The molecule has 0 unspecified atom stereocenters. The zero-order valence-corrected chi connectivity index (χ0v) is 20.1. The third kappa shape index (κ3) is 3.98. The van der Waals surface area contributed by atoms with E-state index >= 15 is 0 Å². The molecule has 0 spiro atoms. The number of aryl methyl sites for hydroxylation is 3. The Morgan fingerprint density at radius 2 is 1.88 bits per heavy atom. The lowest BCUT2D eigenvalue weighted by molar-refractivity contribution is -0.135. The SMILES string of the molecule is Cc1cc2c(cc1-c1c(C)noc1C)ncc1nc(C3CCCCC3)n([C@@H](C)COC(F)F)c12. The minimum atomic E-state index is -2.80. The highest BCUT2D eigenvalue weighted by atomic mass is 19.3. The van der Waals surface area contributed by atoms with Crippen LogP contribution in [0.15, 0.2) is 22.9 Å². The molecule has 1 aliphatic carbocycles. The van der Waals surface area contributed by atoms with Crippen LogP contribution in [0.5, 0.6) is 0 Å². The van der Waals surface area contributed by atoms with Crippen molar-refractivity contribution < 1.29 is 18.0 Å². The Morgan fingerprint density at radius 1 is 1.12 bits per heavy atom. The van der Waals surface area contributed by atoms with E-state index in [1.807, 2.05) is 20.8 Å². The summed E-state index contributed by atoms with van der Waals surface area (Å²) < 4.78 is 38.0. The average Bonchev–Trinajstić information content (AvgIpc) is 3.38. The van der Waals surface area contributed by atoms with Crippen molar-refractivity contribution in [2.75, 3.05) is 6.61 Å². The van der Waals surface area contributed by atoms with Crippen LogP contribution in [0, 0.1) is 20.8 Å². The van der Waals surface area contributed by atoms with Crippen LogP contribution in [0.1, 0.15) is 73.8 Å². The van der Waals surface area contributed by atoms with Crippen LogP contribution in [0.3, 0.4) is 0 Å². The summed E-state index contributed by atoms with van der Waals surface area (Å²) in [5, 5.41) is 5.07. The van der Waals surface area contributed by atoms with E-state index in [-0.39, 0.29) is 12.6 Å². The fourth-order valence-corrected chi connectivity index (χ4v) is 5.47. The molecule has 3 heterocycles. The molecule has 1 fully saturated rings. The number of pyridine rings is 1. The second-order valence-corrected chi connectivity index (χ2v) is 9.49. The van der Waals surface area contributed by atoms with E-state index in [1.54, 1.807) is 6.20 Å². The Hall–Kier alpha value is -2.87. The molecular formula is C26H30F2N4O2. The van der Waals surface area contributed by atoms with Gasteiger partial charge in [-0.1, -0.05) is 24.4 Å². The molecule has 1 aromatic carbocycles. The predicted octanol–water partition coefficient (Wildman–Crippen LogP) is 7.01. The average molecular weight is 469 g/mol. The van der Waals surface area contributed by atoms with Crippen LogP contribution in [-0.2, 0) is 4.74 Å². The molecule has 0 aliphatic heterocycles. The molecule has 1 atom stereocenters. The van der Waals surface area contributed by atoms with Crippen LogP contribution in [0.25, 0.3) is 33.1 Å². The van der Waals surface area contributed by atoms with Gasteiger partial charge in [-0.25, -0.2) is 4.98 Å². The van der Waals surface area contributed by atoms with Crippen LogP contribution in [-0.4, -0.2) is 32.9 Å². The molecule has 0 saturated heterocycles. The molecule has 0 bridgehead atoms.